The van der Waals surface area contributed by atoms with E-state index in [-0.39, 0.29) is 5.91 Å². The van der Waals surface area contributed by atoms with Crippen LogP contribution >= 0.6 is 34.5 Å². The molecular formula is C15H17Cl2N3O2S. The molecule has 0 fully saturated rings. The van der Waals surface area contributed by atoms with Crippen LogP contribution in [0.1, 0.15) is 42.1 Å². The zero-order valence-corrected chi connectivity index (χ0v) is 15.2. The molecule has 1 heterocycles. The Morgan fingerprint density at radius 2 is 1.96 bits per heavy atom. The number of ether oxygens (including phenoxy) is 1. The van der Waals surface area contributed by atoms with E-state index in [1.807, 2.05) is 6.92 Å². The minimum atomic E-state index is -0.340. The van der Waals surface area contributed by atoms with E-state index in [0.717, 1.165) is 24.3 Å². The maximum Gasteiger partial charge on any atom is 0.257 e. The molecule has 0 atom stereocenters. The van der Waals surface area contributed by atoms with E-state index >= 15 is 0 Å². The Balaban J connectivity index is 2.11. The van der Waals surface area contributed by atoms with Gasteiger partial charge in [-0.2, -0.15) is 0 Å². The van der Waals surface area contributed by atoms with Gasteiger partial charge in [0.15, 0.2) is 5.75 Å². The molecule has 0 aliphatic carbocycles. The van der Waals surface area contributed by atoms with Crippen molar-refractivity contribution in [3.63, 3.8) is 0 Å². The predicted octanol–water partition coefficient (Wildman–Crippen LogP) is 4.84. The number of anilines is 1. The number of halogens is 2. The maximum atomic E-state index is 12.3. The number of carbonyl (C=O) groups excluding carboxylic acids is 1. The van der Waals surface area contributed by atoms with Crippen molar-refractivity contribution in [2.45, 2.75) is 33.1 Å². The van der Waals surface area contributed by atoms with Crippen LogP contribution in [0, 0.1) is 0 Å². The first-order chi connectivity index (χ1) is 11.0. The van der Waals surface area contributed by atoms with Gasteiger partial charge in [-0.1, -0.05) is 54.8 Å². The fourth-order valence-electron chi connectivity index (χ4n) is 1.76. The molecule has 0 spiro atoms. The fourth-order valence-corrected chi connectivity index (χ4v) is 3.03. The number of aryl methyl sites for hydroxylation is 1. The highest BCUT2D eigenvalue weighted by atomic mass is 35.5. The van der Waals surface area contributed by atoms with Gasteiger partial charge in [0.05, 0.1) is 16.7 Å². The number of rotatable bonds is 7. The van der Waals surface area contributed by atoms with Crippen molar-refractivity contribution in [1.29, 1.82) is 0 Å². The highest BCUT2D eigenvalue weighted by molar-refractivity contribution is 7.15. The fraction of sp³-hybridized carbons (Fsp3) is 0.400. The molecule has 0 saturated heterocycles. The molecule has 0 aliphatic rings. The Kier molecular flexibility index (Phi) is 6.62. The average Bonchev–Trinajstić information content (AvgIpc) is 2.97. The maximum absolute atomic E-state index is 12.3. The van der Waals surface area contributed by atoms with Gasteiger partial charge < -0.3 is 4.74 Å². The lowest BCUT2D eigenvalue weighted by Crippen LogP contribution is -2.12. The number of nitrogens with zero attached hydrogens (tertiary/aromatic N) is 2. The lowest BCUT2D eigenvalue weighted by atomic mass is 10.2. The Morgan fingerprint density at radius 3 is 2.52 bits per heavy atom. The van der Waals surface area contributed by atoms with Crippen LogP contribution in [-0.2, 0) is 6.42 Å². The largest absolute Gasteiger partial charge is 0.490 e. The number of amides is 1. The highest BCUT2D eigenvalue weighted by Gasteiger charge is 2.15. The second-order valence-corrected chi connectivity index (χ2v) is 6.66. The number of hydrogen-bond acceptors (Lipinski definition) is 5. The standard InChI is InChI=1S/C15H17Cl2N3O2S/c1-3-5-6-22-13-10(16)7-9(8-11(13)17)14(21)18-15-20-19-12(4-2)23-15/h7-8H,3-6H2,1-2H3,(H,18,20,21). The van der Waals surface area contributed by atoms with Crippen molar-refractivity contribution in [1.82, 2.24) is 10.2 Å². The summed E-state index contributed by atoms with van der Waals surface area (Å²) in [5.41, 5.74) is 0.344. The van der Waals surface area contributed by atoms with Gasteiger partial charge in [0, 0.05) is 5.56 Å². The first-order valence-electron chi connectivity index (χ1n) is 7.30. The van der Waals surface area contributed by atoms with Crippen molar-refractivity contribution in [2.75, 3.05) is 11.9 Å². The molecule has 1 aromatic heterocycles. The quantitative estimate of drug-likeness (QED) is 0.705. The predicted molar refractivity (Wildman–Crippen MR) is 94.1 cm³/mol. The summed E-state index contributed by atoms with van der Waals surface area (Å²) < 4.78 is 5.56. The molecule has 8 heteroatoms. The summed E-state index contributed by atoms with van der Waals surface area (Å²) in [5.74, 6) is 0.0650. The topological polar surface area (TPSA) is 64.1 Å². The summed E-state index contributed by atoms with van der Waals surface area (Å²) in [6, 6.07) is 3.07. The second kappa shape index (κ2) is 8.47. The van der Waals surface area contributed by atoms with Gasteiger partial charge >= 0.3 is 0 Å². The zero-order valence-electron chi connectivity index (χ0n) is 12.9. The summed E-state index contributed by atoms with van der Waals surface area (Å²) in [6.07, 6.45) is 2.69. The molecular weight excluding hydrogens is 357 g/mol. The Labute approximate surface area is 149 Å². The summed E-state index contributed by atoms with van der Waals surface area (Å²) >= 11 is 13.7. The number of hydrogen-bond donors (Lipinski definition) is 1. The van der Waals surface area contributed by atoms with Crippen LogP contribution in [0.4, 0.5) is 5.13 Å². The third-order valence-electron chi connectivity index (χ3n) is 2.99. The van der Waals surface area contributed by atoms with Gasteiger partial charge in [-0.05, 0) is 25.0 Å². The molecule has 0 saturated carbocycles. The molecule has 23 heavy (non-hydrogen) atoms. The average molecular weight is 374 g/mol. The third-order valence-corrected chi connectivity index (χ3v) is 4.54. The number of aromatic nitrogens is 2. The van der Waals surface area contributed by atoms with Gasteiger partial charge in [-0.15, -0.1) is 10.2 Å². The van der Waals surface area contributed by atoms with Crippen LogP contribution < -0.4 is 10.1 Å². The van der Waals surface area contributed by atoms with E-state index in [4.69, 9.17) is 27.9 Å². The van der Waals surface area contributed by atoms with Crippen LogP contribution in [0.2, 0.25) is 10.0 Å². The molecule has 5 nitrogen and oxygen atoms in total. The number of unbranched alkanes of at least 4 members (excludes halogenated alkanes) is 1. The van der Waals surface area contributed by atoms with Crippen LogP contribution in [0.3, 0.4) is 0 Å². The first-order valence-corrected chi connectivity index (χ1v) is 8.88. The van der Waals surface area contributed by atoms with Gasteiger partial charge in [-0.25, -0.2) is 0 Å². The molecule has 1 amide bonds. The smallest absolute Gasteiger partial charge is 0.257 e. The molecule has 0 bridgehead atoms. The van der Waals surface area contributed by atoms with Gasteiger partial charge in [0.2, 0.25) is 5.13 Å². The second-order valence-electron chi connectivity index (χ2n) is 4.78. The number of benzene rings is 1. The van der Waals surface area contributed by atoms with Crippen molar-refractivity contribution < 1.29 is 9.53 Å². The van der Waals surface area contributed by atoms with E-state index in [2.05, 4.69) is 22.4 Å². The Bertz CT molecular complexity index is 668. The van der Waals surface area contributed by atoms with Crippen LogP contribution in [-0.4, -0.2) is 22.7 Å². The van der Waals surface area contributed by atoms with Crippen molar-refractivity contribution in [3.8, 4) is 5.75 Å². The lowest BCUT2D eigenvalue weighted by Gasteiger charge is -2.11. The van der Waals surface area contributed by atoms with Crippen LogP contribution in [0.5, 0.6) is 5.75 Å². The highest BCUT2D eigenvalue weighted by Crippen LogP contribution is 2.34. The van der Waals surface area contributed by atoms with E-state index in [1.165, 1.54) is 23.5 Å². The lowest BCUT2D eigenvalue weighted by molar-refractivity contribution is 0.102. The monoisotopic (exact) mass is 373 g/mol. The van der Waals surface area contributed by atoms with Gasteiger partial charge in [0.25, 0.3) is 5.91 Å². The summed E-state index contributed by atoms with van der Waals surface area (Å²) in [7, 11) is 0. The number of carbonyl (C=O) groups is 1. The Morgan fingerprint density at radius 1 is 1.26 bits per heavy atom. The molecule has 1 aromatic carbocycles. The molecule has 0 aliphatic heterocycles. The SMILES string of the molecule is CCCCOc1c(Cl)cc(C(=O)Nc2nnc(CC)s2)cc1Cl. The molecule has 2 rings (SSSR count). The molecule has 0 radical (unpaired) electrons. The van der Waals surface area contributed by atoms with E-state index < -0.39 is 0 Å². The van der Waals surface area contributed by atoms with Crippen LogP contribution in [0.25, 0.3) is 0 Å². The number of nitrogens with one attached hydrogen (secondary N) is 1. The minimum absolute atomic E-state index is 0.310. The summed E-state index contributed by atoms with van der Waals surface area (Å²) in [5, 5.41) is 12.5. The molecule has 1 N–H and O–H groups in total. The van der Waals surface area contributed by atoms with E-state index in [0.29, 0.717) is 33.1 Å². The van der Waals surface area contributed by atoms with E-state index in [1.54, 1.807) is 0 Å². The van der Waals surface area contributed by atoms with Crippen LogP contribution in [0.15, 0.2) is 12.1 Å². The molecule has 0 unspecified atom stereocenters. The van der Waals surface area contributed by atoms with Crippen molar-refractivity contribution >= 4 is 45.6 Å². The van der Waals surface area contributed by atoms with Gasteiger partial charge in [-0.3, -0.25) is 10.1 Å². The third kappa shape index (κ3) is 4.80. The molecule has 2 aromatic rings. The molecule has 124 valence electrons. The summed E-state index contributed by atoms with van der Waals surface area (Å²) in [6.45, 7) is 4.58. The van der Waals surface area contributed by atoms with Crippen molar-refractivity contribution in [2.24, 2.45) is 0 Å². The Hall–Kier alpha value is -1.37. The van der Waals surface area contributed by atoms with E-state index in [9.17, 15) is 4.79 Å². The van der Waals surface area contributed by atoms with Gasteiger partial charge in [0.1, 0.15) is 5.01 Å². The zero-order chi connectivity index (χ0) is 16.8. The van der Waals surface area contributed by atoms with Crippen molar-refractivity contribution in [3.05, 3.63) is 32.7 Å². The minimum Gasteiger partial charge on any atom is -0.490 e. The first kappa shape index (κ1) is 18.0. The normalized spacial score (nSPS) is 10.6. The summed E-state index contributed by atoms with van der Waals surface area (Å²) in [4.78, 5) is 12.3.